The van der Waals surface area contributed by atoms with Gasteiger partial charge in [0.2, 0.25) is 5.28 Å². The van der Waals surface area contributed by atoms with E-state index >= 15 is 0 Å². The first-order valence-electron chi connectivity index (χ1n) is 6.20. The summed E-state index contributed by atoms with van der Waals surface area (Å²) in [7, 11) is 0. The summed E-state index contributed by atoms with van der Waals surface area (Å²) in [5, 5.41) is 4.70. The van der Waals surface area contributed by atoms with Crippen LogP contribution >= 0.6 is 23.2 Å². The Morgan fingerprint density at radius 2 is 1.80 bits per heavy atom. The molecular formula is C14H16Cl2FN3. The van der Waals surface area contributed by atoms with E-state index in [1.807, 2.05) is 27.7 Å². The minimum Gasteiger partial charge on any atom is -0.225 e. The SMILES string of the molecule is CC(C)(C)C(C)(c1c(F)cccc1Cl)n1ncnc1Cl. The first-order valence-corrected chi connectivity index (χ1v) is 6.95. The predicted molar refractivity (Wildman–Crippen MR) is 78.6 cm³/mol. The molecule has 20 heavy (non-hydrogen) atoms. The lowest BCUT2D eigenvalue weighted by Crippen LogP contribution is -2.45. The molecule has 1 heterocycles. The Labute approximate surface area is 127 Å². The van der Waals surface area contributed by atoms with Gasteiger partial charge in [0.1, 0.15) is 12.1 Å². The second-order valence-corrected chi connectivity index (χ2v) is 6.61. The fourth-order valence-corrected chi connectivity index (χ4v) is 2.89. The molecule has 0 radical (unpaired) electrons. The average Bonchev–Trinajstić information content (AvgIpc) is 2.73. The molecule has 0 aliphatic rings. The number of halogens is 3. The third-order valence-electron chi connectivity index (χ3n) is 3.84. The minimum absolute atomic E-state index is 0.196. The van der Waals surface area contributed by atoms with Gasteiger partial charge in [-0.05, 0) is 36.1 Å². The number of nitrogens with zero attached hydrogens (tertiary/aromatic N) is 3. The van der Waals surface area contributed by atoms with Crippen LogP contribution in [0.4, 0.5) is 4.39 Å². The zero-order chi connectivity index (χ0) is 15.1. The molecule has 108 valence electrons. The van der Waals surface area contributed by atoms with Crippen molar-refractivity contribution in [2.24, 2.45) is 5.41 Å². The van der Waals surface area contributed by atoms with Crippen molar-refractivity contribution in [3.05, 3.63) is 46.2 Å². The largest absolute Gasteiger partial charge is 0.225 e. The summed E-state index contributed by atoms with van der Waals surface area (Å²) >= 11 is 12.4. The molecule has 0 spiro atoms. The van der Waals surface area contributed by atoms with Crippen LogP contribution in [0.1, 0.15) is 33.3 Å². The maximum Gasteiger partial charge on any atom is 0.221 e. The zero-order valence-corrected chi connectivity index (χ0v) is 13.3. The fraction of sp³-hybridized carbons (Fsp3) is 0.429. The third-order valence-corrected chi connectivity index (χ3v) is 4.41. The first kappa shape index (κ1) is 15.3. The highest BCUT2D eigenvalue weighted by molar-refractivity contribution is 6.31. The molecule has 1 unspecified atom stereocenters. The molecule has 2 aromatic rings. The maximum atomic E-state index is 14.4. The van der Waals surface area contributed by atoms with Gasteiger partial charge in [-0.15, -0.1) is 0 Å². The zero-order valence-electron chi connectivity index (χ0n) is 11.8. The van der Waals surface area contributed by atoms with Crippen molar-refractivity contribution >= 4 is 23.2 Å². The Bertz CT molecular complexity index is 613. The molecular weight excluding hydrogens is 300 g/mol. The first-order chi connectivity index (χ1) is 9.19. The normalized spacial score (nSPS) is 15.2. The van der Waals surface area contributed by atoms with E-state index in [0.29, 0.717) is 10.6 Å². The summed E-state index contributed by atoms with van der Waals surface area (Å²) in [6.07, 6.45) is 1.35. The molecule has 0 bridgehead atoms. The Morgan fingerprint density at radius 3 is 2.25 bits per heavy atom. The monoisotopic (exact) mass is 315 g/mol. The molecule has 0 saturated carbocycles. The lowest BCUT2D eigenvalue weighted by atomic mass is 9.70. The highest BCUT2D eigenvalue weighted by atomic mass is 35.5. The second-order valence-electron chi connectivity index (χ2n) is 5.86. The van der Waals surface area contributed by atoms with E-state index in [2.05, 4.69) is 10.1 Å². The van der Waals surface area contributed by atoms with Crippen molar-refractivity contribution in [3.8, 4) is 0 Å². The van der Waals surface area contributed by atoms with Crippen LogP contribution in [0.3, 0.4) is 0 Å². The molecule has 0 aliphatic heterocycles. The number of rotatable bonds is 2. The van der Waals surface area contributed by atoms with Crippen LogP contribution in [0.15, 0.2) is 24.5 Å². The van der Waals surface area contributed by atoms with E-state index in [1.165, 1.54) is 17.1 Å². The van der Waals surface area contributed by atoms with Gasteiger partial charge in [0, 0.05) is 10.6 Å². The van der Waals surface area contributed by atoms with Gasteiger partial charge in [-0.1, -0.05) is 38.4 Å². The quantitative estimate of drug-likeness (QED) is 0.815. The van der Waals surface area contributed by atoms with Crippen molar-refractivity contribution in [3.63, 3.8) is 0 Å². The highest BCUT2D eigenvalue weighted by Gasteiger charge is 2.46. The lowest BCUT2D eigenvalue weighted by molar-refractivity contribution is 0.143. The van der Waals surface area contributed by atoms with E-state index in [1.54, 1.807) is 12.1 Å². The van der Waals surface area contributed by atoms with Gasteiger partial charge in [0.05, 0.1) is 5.54 Å². The van der Waals surface area contributed by atoms with Gasteiger partial charge in [0.15, 0.2) is 0 Å². The molecule has 0 saturated heterocycles. The fourth-order valence-electron chi connectivity index (χ4n) is 2.29. The molecule has 0 N–H and O–H groups in total. The number of hydrogen-bond acceptors (Lipinski definition) is 2. The molecule has 1 aromatic heterocycles. The highest BCUT2D eigenvalue weighted by Crippen LogP contribution is 2.46. The summed E-state index contributed by atoms with van der Waals surface area (Å²) in [5.74, 6) is -0.388. The Balaban J connectivity index is 2.82. The lowest BCUT2D eigenvalue weighted by Gasteiger charge is -2.43. The van der Waals surface area contributed by atoms with Crippen LogP contribution in [0, 0.1) is 11.2 Å². The molecule has 1 atom stereocenters. The van der Waals surface area contributed by atoms with Gasteiger partial charge in [-0.3, -0.25) is 0 Å². The summed E-state index contributed by atoms with van der Waals surface area (Å²) < 4.78 is 15.9. The van der Waals surface area contributed by atoms with Crippen molar-refractivity contribution in [2.45, 2.75) is 33.2 Å². The average molecular weight is 316 g/mol. The molecule has 3 nitrogen and oxygen atoms in total. The summed E-state index contributed by atoms with van der Waals surface area (Å²) in [4.78, 5) is 3.93. The smallest absolute Gasteiger partial charge is 0.221 e. The molecule has 0 aliphatic carbocycles. The maximum absolute atomic E-state index is 14.4. The standard InChI is InChI=1S/C14H16Cl2FN3/c1-13(2,3)14(4,20-12(16)18-8-19-20)11-9(15)6-5-7-10(11)17/h5-8H,1-4H3. The van der Waals surface area contributed by atoms with Gasteiger partial charge in [-0.2, -0.15) is 5.10 Å². The van der Waals surface area contributed by atoms with Gasteiger partial charge >= 0.3 is 0 Å². The molecule has 2 rings (SSSR count). The molecule has 1 aromatic carbocycles. The van der Waals surface area contributed by atoms with E-state index in [4.69, 9.17) is 23.2 Å². The molecule has 0 amide bonds. The van der Waals surface area contributed by atoms with Crippen LogP contribution in [-0.4, -0.2) is 14.8 Å². The van der Waals surface area contributed by atoms with Crippen molar-refractivity contribution in [1.29, 1.82) is 0 Å². The molecule has 6 heteroatoms. The van der Waals surface area contributed by atoms with E-state index in [0.717, 1.165) is 0 Å². The van der Waals surface area contributed by atoms with Gasteiger partial charge in [0.25, 0.3) is 0 Å². The Morgan fingerprint density at radius 1 is 1.15 bits per heavy atom. The van der Waals surface area contributed by atoms with E-state index in [-0.39, 0.29) is 11.1 Å². The Hall–Kier alpha value is -1.13. The Kier molecular flexibility index (Phi) is 3.82. The van der Waals surface area contributed by atoms with E-state index < -0.39 is 11.0 Å². The van der Waals surface area contributed by atoms with Crippen molar-refractivity contribution < 1.29 is 4.39 Å². The summed E-state index contributed by atoms with van der Waals surface area (Å²) in [6, 6.07) is 4.62. The minimum atomic E-state index is -0.872. The van der Waals surface area contributed by atoms with Crippen LogP contribution in [0.5, 0.6) is 0 Å². The number of hydrogen-bond donors (Lipinski definition) is 0. The van der Waals surface area contributed by atoms with Crippen LogP contribution in [0.2, 0.25) is 10.3 Å². The topological polar surface area (TPSA) is 30.7 Å². The van der Waals surface area contributed by atoms with Crippen LogP contribution < -0.4 is 0 Å². The van der Waals surface area contributed by atoms with Gasteiger partial charge in [-0.25, -0.2) is 14.1 Å². The summed E-state index contributed by atoms with van der Waals surface area (Å²) in [6.45, 7) is 7.80. The third kappa shape index (κ3) is 2.21. The van der Waals surface area contributed by atoms with Crippen LogP contribution in [0.25, 0.3) is 0 Å². The van der Waals surface area contributed by atoms with Gasteiger partial charge < -0.3 is 0 Å². The predicted octanol–water partition coefficient (Wildman–Crippen LogP) is 4.53. The van der Waals surface area contributed by atoms with Crippen LogP contribution in [-0.2, 0) is 5.54 Å². The van der Waals surface area contributed by atoms with E-state index in [9.17, 15) is 4.39 Å². The van der Waals surface area contributed by atoms with Crippen molar-refractivity contribution in [1.82, 2.24) is 14.8 Å². The number of benzene rings is 1. The van der Waals surface area contributed by atoms with Crippen molar-refractivity contribution in [2.75, 3.05) is 0 Å². The second kappa shape index (κ2) is 5.01. The summed E-state index contributed by atoms with van der Waals surface area (Å²) in [5.41, 5.74) is -0.902. The number of aromatic nitrogens is 3. The molecule has 0 fully saturated rings.